The molecular formula is C23H27NO4. The number of rotatable bonds is 6. The second-order valence-corrected chi connectivity index (χ2v) is 7.93. The number of aliphatic hydroxyl groups is 1. The number of hydrogen-bond acceptors (Lipinski definition) is 4. The van der Waals surface area contributed by atoms with Gasteiger partial charge in [0.1, 0.15) is 24.5 Å². The molecule has 3 rings (SSSR count). The van der Waals surface area contributed by atoms with E-state index >= 15 is 0 Å². The predicted molar refractivity (Wildman–Crippen MR) is 109 cm³/mol. The Labute approximate surface area is 165 Å². The van der Waals surface area contributed by atoms with Crippen LogP contribution in [0.15, 0.2) is 54.7 Å². The molecule has 0 aliphatic rings. The lowest BCUT2D eigenvalue weighted by Gasteiger charge is -2.19. The molecule has 2 aromatic carbocycles. The van der Waals surface area contributed by atoms with Crippen LogP contribution in [0.2, 0.25) is 0 Å². The van der Waals surface area contributed by atoms with E-state index in [1.54, 1.807) is 13.1 Å². The van der Waals surface area contributed by atoms with Crippen molar-refractivity contribution in [3.63, 3.8) is 0 Å². The second-order valence-electron chi connectivity index (χ2n) is 7.93. The Balaban J connectivity index is 1.85. The van der Waals surface area contributed by atoms with E-state index in [9.17, 15) is 9.90 Å². The molecule has 0 radical (unpaired) electrons. The van der Waals surface area contributed by atoms with Gasteiger partial charge in [-0.3, -0.25) is 4.79 Å². The summed E-state index contributed by atoms with van der Waals surface area (Å²) < 4.78 is 13.1. The van der Waals surface area contributed by atoms with E-state index in [1.807, 2.05) is 73.9 Å². The number of aromatic nitrogens is 1. The van der Waals surface area contributed by atoms with Crippen molar-refractivity contribution in [3.05, 3.63) is 65.9 Å². The summed E-state index contributed by atoms with van der Waals surface area (Å²) in [6.45, 7) is 7.80. The minimum Gasteiger partial charge on any atom is -0.489 e. The average Bonchev–Trinajstić information content (AvgIpc) is 2.97. The van der Waals surface area contributed by atoms with Crippen LogP contribution in [0.25, 0.3) is 10.9 Å². The summed E-state index contributed by atoms with van der Waals surface area (Å²) in [7, 11) is 0. The lowest BCUT2D eigenvalue weighted by molar-refractivity contribution is -0.155. The number of hydrogen-bond donors (Lipinski definition) is 1. The van der Waals surface area contributed by atoms with Crippen molar-refractivity contribution in [2.24, 2.45) is 0 Å². The molecule has 1 unspecified atom stereocenters. The average molecular weight is 381 g/mol. The van der Waals surface area contributed by atoms with Crippen LogP contribution in [0.3, 0.4) is 0 Å². The minimum atomic E-state index is -0.660. The van der Waals surface area contributed by atoms with Crippen LogP contribution in [0.1, 0.15) is 44.9 Å². The maximum atomic E-state index is 12.2. The van der Waals surface area contributed by atoms with Gasteiger partial charge in [-0.2, -0.15) is 0 Å². The Morgan fingerprint density at radius 3 is 2.50 bits per heavy atom. The third-order valence-corrected chi connectivity index (χ3v) is 4.30. The van der Waals surface area contributed by atoms with Gasteiger partial charge < -0.3 is 19.1 Å². The third-order valence-electron chi connectivity index (χ3n) is 4.30. The SMILES string of the molecule is CC(O)c1cn(CC(=O)OC(C)(C)C)c2ccc(OCc3ccccc3)cc12. The summed E-state index contributed by atoms with van der Waals surface area (Å²) in [4.78, 5) is 12.2. The highest BCUT2D eigenvalue weighted by molar-refractivity contribution is 5.87. The Kier molecular flexibility index (Phi) is 5.75. The zero-order chi connectivity index (χ0) is 20.3. The van der Waals surface area contributed by atoms with Crippen molar-refractivity contribution in [2.45, 2.75) is 52.6 Å². The highest BCUT2D eigenvalue weighted by Crippen LogP contribution is 2.30. The molecule has 5 nitrogen and oxygen atoms in total. The fraction of sp³-hybridized carbons (Fsp3) is 0.348. The normalized spacial score (nSPS) is 12.8. The lowest BCUT2D eigenvalue weighted by Crippen LogP contribution is -2.26. The minimum absolute atomic E-state index is 0.0880. The van der Waals surface area contributed by atoms with E-state index in [0.29, 0.717) is 12.4 Å². The Hall–Kier alpha value is -2.79. The number of nitrogens with zero attached hydrogens (tertiary/aromatic N) is 1. The van der Waals surface area contributed by atoms with Gasteiger partial charge in [-0.05, 0) is 51.5 Å². The van der Waals surface area contributed by atoms with Gasteiger partial charge in [0.2, 0.25) is 0 Å². The zero-order valence-corrected chi connectivity index (χ0v) is 16.8. The molecule has 0 spiro atoms. The number of carbonyl (C=O) groups excluding carboxylic acids is 1. The van der Waals surface area contributed by atoms with E-state index < -0.39 is 11.7 Å². The van der Waals surface area contributed by atoms with E-state index in [1.165, 1.54) is 0 Å². The molecule has 0 aliphatic heterocycles. The van der Waals surface area contributed by atoms with Crippen molar-refractivity contribution < 1.29 is 19.4 Å². The number of carbonyl (C=O) groups is 1. The standard InChI is InChI=1S/C23H27NO4/c1-16(25)20-13-24(14-22(26)28-23(2,3)4)21-11-10-18(12-19(20)21)27-15-17-8-6-5-7-9-17/h5-13,16,25H,14-15H2,1-4H3. The number of fused-ring (bicyclic) bond motifs is 1. The molecule has 0 fully saturated rings. The summed E-state index contributed by atoms with van der Waals surface area (Å²) in [5.74, 6) is 0.402. The van der Waals surface area contributed by atoms with E-state index in [2.05, 4.69) is 0 Å². The number of ether oxygens (including phenoxy) is 2. The van der Waals surface area contributed by atoms with Gasteiger partial charge in [0, 0.05) is 22.7 Å². The molecule has 3 aromatic rings. The lowest BCUT2D eigenvalue weighted by atomic mass is 10.1. The van der Waals surface area contributed by atoms with Crippen LogP contribution < -0.4 is 4.74 Å². The Morgan fingerprint density at radius 2 is 1.86 bits per heavy atom. The predicted octanol–water partition coefficient (Wildman–Crippen LogP) is 4.62. The Bertz CT molecular complexity index is 952. The van der Waals surface area contributed by atoms with Crippen LogP contribution in [-0.2, 0) is 22.7 Å². The Morgan fingerprint density at radius 1 is 1.14 bits per heavy atom. The topological polar surface area (TPSA) is 60.7 Å². The largest absolute Gasteiger partial charge is 0.489 e. The number of benzene rings is 2. The van der Waals surface area contributed by atoms with Crippen LogP contribution in [0.4, 0.5) is 0 Å². The molecule has 1 atom stereocenters. The molecular weight excluding hydrogens is 354 g/mol. The summed E-state index contributed by atoms with van der Waals surface area (Å²) in [6, 6.07) is 15.6. The van der Waals surface area contributed by atoms with Crippen molar-refractivity contribution in [2.75, 3.05) is 0 Å². The summed E-state index contributed by atoms with van der Waals surface area (Å²) in [6.07, 6.45) is 1.15. The van der Waals surface area contributed by atoms with Gasteiger partial charge in [-0.15, -0.1) is 0 Å². The fourth-order valence-electron chi connectivity index (χ4n) is 3.11. The molecule has 5 heteroatoms. The quantitative estimate of drug-likeness (QED) is 0.633. The number of aliphatic hydroxyl groups excluding tert-OH is 1. The van der Waals surface area contributed by atoms with Crippen molar-refractivity contribution >= 4 is 16.9 Å². The molecule has 1 N–H and O–H groups in total. The van der Waals surface area contributed by atoms with E-state index in [-0.39, 0.29) is 12.5 Å². The first-order valence-corrected chi connectivity index (χ1v) is 9.42. The van der Waals surface area contributed by atoms with Gasteiger partial charge >= 0.3 is 5.97 Å². The first-order valence-electron chi connectivity index (χ1n) is 9.42. The smallest absolute Gasteiger partial charge is 0.326 e. The molecule has 0 amide bonds. The highest BCUT2D eigenvalue weighted by atomic mass is 16.6. The summed E-state index contributed by atoms with van der Waals surface area (Å²) in [5.41, 5.74) is 2.16. The third kappa shape index (κ3) is 4.93. The molecule has 0 saturated carbocycles. The van der Waals surface area contributed by atoms with Crippen LogP contribution >= 0.6 is 0 Å². The van der Waals surface area contributed by atoms with Crippen molar-refractivity contribution in [1.82, 2.24) is 4.57 Å². The van der Waals surface area contributed by atoms with Crippen molar-refractivity contribution in [1.29, 1.82) is 0 Å². The first-order chi connectivity index (χ1) is 13.2. The monoisotopic (exact) mass is 381 g/mol. The maximum absolute atomic E-state index is 12.2. The van der Waals surface area contributed by atoms with E-state index in [0.717, 1.165) is 22.0 Å². The van der Waals surface area contributed by atoms with Gasteiger partial charge in [0.05, 0.1) is 6.10 Å². The maximum Gasteiger partial charge on any atom is 0.326 e. The highest BCUT2D eigenvalue weighted by Gasteiger charge is 2.19. The molecule has 0 saturated heterocycles. The van der Waals surface area contributed by atoms with Gasteiger partial charge in [0.25, 0.3) is 0 Å². The number of esters is 1. The molecule has 1 heterocycles. The van der Waals surface area contributed by atoms with Gasteiger partial charge in [0.15, 0.2) is 0 Å². The van der Waals surface area contributed by atoms with Gasteiger partial charge in [-0.1, -0.05) is 30.3 Å². The molecule has 0 aliphatic carbocycles. The molecule has 28 heavy (non-hydrogen) atoms. The molecule has 1 aromatic heterocycles. The molecule has 148 valence electrons. The van der Waals surface area contributed by atoms with Gasteiger partial charge in [-0.25, -0.2) is 0 Å². The first kappa shape index (κ1) is 20.0. The van der Waals surface area contributed by atoms with Crippen molar-refractivity contribution in [3.8, 4) is 5.75 Å². The van der Waals surface area contributed by atoms with Crippen LogP contribution in [0.5, 0.6) is 5.75 Å². The summed E-state index contributed by atoms with van der Waals surface area (Å²) in [5, 5.41) is 11.0. The zero-order valence-electron chi connectivity index (χ0n) is 16.8. The summed E-state index contributed by atoms with van der Waals surface area (Å²) >= 11 is 0. The second kappa shape index (κ2) is 8.07. The molecule has 0 bridgehead atoms. The fourth-order valence-corrected chi connectivity index (χ4v) is 3.11. The van der Waals surface area contributed by atoms with E-state index in [4.69, 9.17) is 9.47 Å². The van der Waals surface area contributed by atoms with Crippen LogP contribution in [0, 0.1) is 0 Å². The van der Waals surface area contributed by atoms with Crippen LogP contribution in [-0.4, -0.2) is 21.2 Å².